The molecule has 0 aliphatic heterocycles. The molecule has 0 N–H and O–H groups in total. The van der Waals surface area contributed by atoms with Crippen LogP contribution >= 0.6 is 43.2 Å². The highest BCUT2D eigenvalue weighted by molar-refractivity contribution is 9.13. The van der Waals surface area contributed by atoms with Gasteiger partial charge in [0.15, 0.2) is 5.78 Å². The first-order chi connectivity index (χ1) is 8.99. The zero-order chi connectivity index (χ0) is 14.0. The second-order valence-corrected chi connectivity index (χ2v) is 6.94. The van der Waals surface area contributed by atoms with Crippen LogP contribution in [0.2, 0.25) is 0 Å². The molecule has 7 heteroatoms. The highest BCUT2D eigenvalue weighted by Crippen LogP contribution is 2.33. The number of benzene rings is 1. The smallest absolute Gasteiger partial charge is 0.273 e. The predicted molar refractivity (Wildman–Crippen MR) is 80.8 cm³/mol. The number of rotatable bonds is 4. The van der Waals surface area contributed by atoms with Crippen LogP contribution < -0.4 is 0 Å². The van der Waals surface area contributed by atoms with Gasteiger partial charge in [0.05, 0.1) is 13.6 Å². The van der Waals surface area contributed by atoms with Crippen molar-refractivity contribution in [3.63, 3.8) is 0 Å². The van der Waals surface area contributed by atoms with Crippen molar-refractivity contribution in [3.05, 3.63) is 59.1 Å². The van der Waals surface area contributed by atoms with Crippen molar-refractivity contribution in [1.82, 2.24) is 0 Å². The minimum Gasteiger partial charge on any atom is -0.293 e. The standard InChI is InChI=1S/C12H7Br2NO3S/c13-8-6-11(19-12(8)14)10(16)5-7-3-1-2-4-9(7)15(17)18/h1-4,6H,5H2. The molecular weight excluding hydrogens is 398 g/mol. The molecule has 0 unspecified atom stereocenters. The fourth-order valence-corrected chi connectivity index (χ4v) is 3.56. The average Bonchev–Trinajstić information content (AvgIpc) is 2.70. The topological polar surface area (TPSA) is 60.2 Å². The summed E-state index contributed by atoms with van der Waals surface area (Å²) in [6.45, 7) is 0. The number of carbonyl (C=O) groups is 1. The van der Waals surface area contributed by atoms with E-state index in [1.54, 1.807) is 24.3 Å². The lowest BCUT2D eigenvalue weighted by atomic mass is 10.1. The van der Waals surface area contributed by atoms with Gasteiger partial charge in [0.2, 0.25) is 0 Å². The first kappa shape index (κ1) is 14.4. The van der Waals surface area contributed by atoms with Crippen LogP contribution in [0, 0.1) is 10.1 Å². The second-order valence-electron chi connectivity index (χ2n) is 3.72. The molecule has 0 bridgehead atoms. The maximum Gasteiger partial charge on any atom is 0.273 e. The third-order valence-electron chi connectivity index (χ3n) is 2.46. The van der Waals surface area contributed by atoms with Gasteiger partial charge in [-0.2, -0.15) is 0 Å². The summed E-state index contributed by atoms with van der Waals surface area (Å²) < 4.78 is 1.64. The molecule has 2 aromatic rings. The lowest BCUT2D eigenvalue weighted by molar-refractivity contribution is -0.385. The van der Waals surface area contributed by atoms with E-state index in [1.807, 2.05) is 0 Å². The molecule has 98 valence electrons. The number of thiophene rings is 1. The molecule has 0 radical (unpaired) electrons. The highest BCUT2D eigenvalue weighted by atomic mass is 79.9. The Hall–Kier alpha value is -1.05. The molecule has 19 heavy (non-hydrogen) atoms. The Kier molecular flexibility index (Phi) is 4.49. The van der Waals surface area contributed by atoms with E-state index in [1.165, 1.54) is 17.4 Å². The lowest BCUT2D eigenvalue weighted by Gasteiger charge is -2.00. The van der Waals surface area contributed by atoms with Gasteiger partial charge in [-0.1, -0.05) is 18.2 Å². The van der Waals surface area contributed by atoms with Crippen LogP contribution in [0.15, 0.2) is 38.6 Å². The lowest BCUT2D eigenvalue weighted by Crippen LogP contribution is -2.04. The van der Waals surface area contributed by atoms with Gasteiger partial charge in [-0.3, -0.25) is 14.9 Å². The summed E-state index contributed by atoms with van der Waals surface area (Å²) in [5.74, 6) is -0.134. The zero-order valence-electron chi connectivity index (χ0n) is 9.43. The van der Waals surface area contributed by atoms with Crippen molar-refractivity contribution in [2.24, 2.45) is 0 Å². The van der Waals surface area contributed by atoms with E-state index >= 15 is 0 Å². The molecule has 1 heterocycles. The number of carbonyl (C=O) groups excluding carboxylic acids is 1. The fraction of sp³-hybridized carbons (Fsp3) is 0.0833. The van der Waals surface area contributed by atoms with Crippen LogP contribution in [0.1, 0.15) is 15.2 Å². The Morgan fingerprint density at radius 3 is 2.58 bits per heavy atom. The van der Waals surface area contributed by atoms with Gasteiger partial charge in [-0.05, 0) is 37.9 Å². The van der Waals surface area contributed by atoms with Crippen molar-refractivity contribution in [2.75, 3.05) is 0 Å². The molecular formula is C12H7Br2NO3S. The Bertz CT molecular complexity index is 635. The maximum atomic E-state index is 12.1. The fourth-order valence-electron chi connectivity index (χ4n) is 1.58. The summed E-state index contributed by atoms with van der Waals surface area (Å²) >= 11 is 7.94. The van der Waals surface area contributed by atoms with Gasteiger partial charge in [-0.25, -0.2) is 0 Å². The number of Topliss-reactive ketones (excluding diaryl/α,β-unsaturated/α-hetero) is 1. The van der Waals surface area contributed by atoms with Crippen LogP contribution in [-0.4, -0.2) is 10.7 Å². The number of ketones is 1. The van der Waals surface area contributed by atoms with Crippen molar-refractivity contribution in [2.45, 2.75) is 6.42 Å². The molecule has 4 nitrogen and oxygen atoms in total. The van der Waals surface area contributed by atoms with E-state index < -0.39 is 4.92 Å². The number of hydrogen-bond donors (Lipinski definition) is 0. The van der Waals surface area contributed by atoms with Crippen molar-refractivity contribution in [3.8, 4) is 0 Å². The molecule has 0 aliphatic carbocycles. The van der Waals surface area contributed by atoms with Gasteiger partial charge >= 0.3 is 0 Å². The van der Waals surface area contributed by atoms with Gasteiger partial charge in [0.25, 0.3) is 5.69 Å². The van der Waals surface area contributed by atoms with Crippen LogP contribution in [-0.2, 0) is 6.42 Å². The van der Waals surface area contributed by atoms with Crippen molar-refractivity contribution in [1.29, 1.82) is 0 Å². The molecule has 0 aliphatic rings. The molecule has 1 aromatic heterocycles. The molecule has 1 aromatic carbocycles. The first-order valence-electron chi connectivity index (χ1n) is 5.19. The summed E-state index contributed by atoms with van der Waals surface area (Å²) in [5, 5.41) is 10.9. The average molecular weight is 405 g/mol. The number of nitro benzene ring substituents is 1. The Labute approximate surface area is 129 Å². The highest BCUT2D eigenvalue weighted by Gasteiger charge is 2.18. The summed E-state index contributed by atoms with van der Waals surface area (Å²) in [7, 11) is 0. The SMILES string of the molecule is O=C(Cc1ccccc1[N+](=O)[O-])c1cc(Br)c(Br)s1. The largest absolute Gasteiger partial charge is 0.293 e. The molecule has 2 rings (SSSR count). The quantitative estimate of drug-likeness (QED) is 0.424. The molecule has 0 fully saturated rings. The van der Waals surface area contributed by atoms with Crippen LogP contribution in [0.25, 0.3) is 0 Å². The number of nitro groups is 1. The van der Waals surface area contributed by atoms with E-state index in [9.17, 15) is 14.9 Å². The van der Waals surface area contributed by atoms with E-state index in [2.05, 4.69) is 31.9 Å². The maximum absolute atomic E-state index is 12.1. The predicted octanol–water partition coefficient (Wildman–Crippen LogP) is 4.61. The van der Waals surface area contributed by atoms with Gasteiger partial charge in [0, 0.05) is 22.5 Å². The van der Waals surface area contributed by atoms with Crippen LogP contribution in [0.3, 0.4) is 0 Å². The number of hydrogen-bond acceptors (Lipinski definition) is 4. The summed E-state index contributed by atoms with van der Waals surface area (Å²) in [5.41, 5.74) is 0.406. The minimum absolute atomic E-state index is 0.0227. The number of nitrogens with zero attached hydrogens (tertiary/aromatic N) is 1. The normalized spacial score (nSPS) is 10.4. The van der Waals surface area contributed by atoms with Crippen LogP contribution in [0.4, 0.5) is 5.69 Å². The first-order valence-corrected chi connectivity index (χ1v) is 7.59. The molecule has 0 atom stereocenters. The van der Waals surface area contributed by atoms with E-state index in [4.69, 9.17) is 0 Å². The summed E-state index contributed by atoms with van der Waals surface area (Å²) in [6, 6.07) is 8.00. The third kappa shape index (κ3) is 3.29. The Balaban J connectivity index is 2.26. The van der Waals surface area contributed by atoms with Gasteiger partial charge in [0.1, 0.15) is 0 Å². The minimum atomic E-state index is -0.469. The number of para-hydroxylation sites is 1. The van der Waals surface area contributed by atoms with Gasteiger partial charge < -0.3 is 0 Å². The van der Waals surface area contributed by atoms with Crippen molar-refractivity contribution < 1.29 is 9.72 Å². The Morgan fingerprint density at radius 2 is 2.00 bits per heavy atom. The van der Waals surface area contributed by atoms with Crippen LogP contribution in [0.5, 0.6) is 0 Å². The zero-order valence-corrected chi connectivity index (χ0v) is 13.4. The number of halogens is 2. The summed E-state index contributed by atoms with van der Waals surface area (Å²) in [6.07, 6.45) is 0.0244. The summed E-state index contributed by atoms with van der Waals surface area (Å²) in [4.78, 5) is 23.1. The Morgan fingerprint density at radius 1 is 1.32 bits per heavy atom. The molecule has 0 saturated carbocycles. The van der Waals surface area contributed by atoms with Gasteiger partial charge in [-0.15, -0.1) is 11.3 Å². The van der Waals surface area contributed by atoms with E-state index in [0.29, 0.717) is 10.4 Å². The molecule has 0 saturated heterocycles. The van der Waals surface area contributed by atoms with E-state index in [0.717, 1.165) is 8.26 Å². The molecule has 0 spiro atoms. The second kappa shape index (κ2) is 5.94. The van der Waals surface area contributed by atoms with Crippen molar-refractivity contribution >= 4 is 54.7 Å². The third-order valence-corrected chi connectivity index (χ3v) is 5.76. The van der Waals surface area contributed by atoms with E-state index in [-0.39, 0.29) is 17.9 Å². The monoisotopic (exact) mass is 403 g/mol. The molecule has 0 amide bonds.